The highest BCUT2D eigenvalue weighted by Crippen LogP contribution is 2.26. The van der Waals surface area contributed by atoms with E-state index in [1.54, 1.807) is 0 Å². The van der Waals surface area contributed by atoms with Gasteiger partial charge in [-0.25, -0.2) is 0 Å². The van der Waals surface area contributed by atoms with E-state index in [9.17, 15) is 10.1 Å². The summed E-state index contributed by atoms with van der Waals surface area (Å²) in [5.41, 5.74) is 0.388. The minimum absolute atomic E-state index is 0.0352. The lowest BCUT2D eigenvalue weighted by Gasteiger charge is -2.26. The van der Waals surface area contributed by atoms with Gasteiger partial charge in [-0.05, 0) is 31.2 Å². The Labute approximate surface area is 145 Å². The molecule has 1 aliphatic heterocycles. The number of nitro benzene ring substituents is 1. The van der Waals surface area contributed by atoms with Crippen molar-refractivity contribution in [2.45, 2.75) is 6.42 Å². The first-order chi connectivity index (χ1) is 11.1. The zero-order chi connectivity index (χ0) is 16.7. The molecule has 7 nitrogen and oxygen atoms in total. The topological polar surface area (TPSA) is 79.7 Å². The van der Waals surface area contributed by atoms with Crippen molar-refractivity contribution in [3.8, 4) is 0 Å². The molecule has 126 valence electrons. The Morgan fingerprint density at radius 1 is 1.43 bits per heavy atom. The molecule has 2 N–H and O–H groups in total. The Kier molecular flexibility index (Phi) is 6.97. The van der Waals surface area contributed by atoms with Gasteiger partial charge in [0.15, 0.2) is 5.11 Å². The number of rotatable bonds is 6. The van der Waals surface area contributed by atoms with Gasteiger partial charge in [-0.15, -0.1) is 0 Å². The Morgan fingerprint density at radius 3 is 2.87 bits per heavy atom. The van der Waals surface area contributed by atoms with Crippen LogP contribution in [0.25, 0.3) is 0 Å². The molecule has 0 saturated carbocycles. The average Bonchev–Trinajstić information content (AvgIpc) is 2.54. The minimum atomic E-state index is -0.472. The molecule has 1 saturated heterocycles. The Bertz CT molecular complexity index is 567. The average molecular weight is 359 g/mol. The number of non-ortho nitro benzene ring substituents is 1. The summed E-state index contributed by atoms with van der Waals surface area (Å²) in [5, 5.41) is 17.5. The molecule has 1 aromatic carbocycles. The number of anilines is 1. The number of hydrogen-bond donors (Lipinski definition) is 2. The molecule has 23 heavy (non-hydrogen) atoms. The summed E-state index contributed by atoms with van der Waals surface area (Å²) in [4.78, 5) is 12.7. The Balaban J connectivity index is 1.74. The van der Waals surface area contributed by atoms with Crippen LogP contribution in [0.2, 0.25) is 5.02 Å². The highest BCUT2D eigenvalue weighted by atomic mass is 35.5. The van der Waals surface area contributed by atoms with Crippen LogP contribution in [-0.2, 0) is 4.74 Å². The Morgan fingerprint density at radius 2 is 2.17 bits per heavy atom. The molecule has 0 aromatic heterocycles. The van der Waals surface area contributed by atoms with Crippen LogP contribution in [0.4, 0.5) is 11.4 Å². The fourth-order valence-electron chi connectivity index (χ4n) is 2.22. The first kappa shape index (κ1) is 17.9. The second kappa shape index (κ2) is 8.97. The van der Waals surface area contributed by atoms with E-state index in [4.69, 9.17) is 28.6 Å². The number of halogens is 1. The summed E-state index contributed by atoms with van der Waals surface area (Å²) < 4.78 is 5.30. The fraction of sp³-hybridized carbons (Fsp3) is 0.500. The highest BCUT2D eigenvalue weighted by molar-refractivity contribution is 7.80. The van der Waals surface area contributed by atoms with E-state index < -0.39 is 4.92 Å². The number of nitro groups is 1. The lowest BCUT2D eigenvalue weighted by Crippen LogP contribution is -2.38. The van der Waals surface area contributed by atoms with Gasteiger partial charge in [0.25, 0.3) is 5.69 Å². The largest absolute Gasteiger partial charge is 0.379 e. The van der Waals surface area contributed by atoms with Crippen LogP contribution >= 0.6 is 23.8 Å². The molecule has 1 heterocycles. The molecule has 2 rings (SSSR count). The molecule has 0 amide bonds. The van der Waals surface area contributed by atoms with Crippen LogP contribution in [-0.4, -0.2) is 54.3 Å². The molecule has 0 unspecified atom stereocenters. The molecule has 0 aliphatic carbocycles. The van der Waals surface area contributed by atoms with Gasteiger partial charge in [-0.2, -0.15) is 0 Å². The number of nitrogens with one attached hydrogen (secondary N) is 2. The zero-order valence-corrected chi connectivity index (χ0v) is 14.2. The van der Waals surface area contributed by atoms with Gasteiger partial charge >= 0.3 is 0 Å². The SMILES string of the molecule is O=[N+]([O-])c1ccc(Cl)c(NC(=S)NCCCN2CCOCC2)c1. The number of morpholine rings is 1. The lowest BCUT2D eigenvalue weighted by molar-refractivity contribution is -0.384. The van der Waals surface area contributed by atoms with Crippen molar-refractivity contribution < 1.29 is 9.66 Å². The lowest BCUT2D eigenvalue weighted by atomic mass is 10.3. The minimum Gasteiger partial charge on any atom is -0.379 e. The van der Waals surface area contributed by atoms with Crippen LogP contribution in [0.15, 0.2) is 18.2 Å². The van der Waals surface area contributed by atoms with Crippen molar-refractivity contribution in [3.63, 3.8) is 0 Å². The van der Waals surface area contributed by atoms with Crippen molar-refractivity contribution >= 4 is 40.3 Å². The quantitative estimate of drug-likeness (QED) is 0.349. The van der Waals surface area contributed by atoms with Crippen LogP contribution in [0.5, 0.6) is 0 Å². The monoisotopic (exact) mass is 358 g/mol. The number of nitrogens with zero attached hydrogens (tertiary/aromatic N) is 2. The van der Waals surface area contributed by atoms with Crippen molar-refractivity contribution in [1.29, 1.82) is 0 Å². The zero-order valence-electron chi connectivity index (χ0n) is 12.6. The summed E-state index contributed by atoms with van der Waals surface area (Å²) >= 11 is 11.2. The van der Waals surface area contributed by atoms with Crippen molar-refractivity contribution in [1.82, 2.24) is 10.2 Å². The number of ether oxygens (including phenoxy) is 1. The van der Waals surface area contributed by atoms with Gasteiger partial charge in [-0.3, -0.25) is 15.0 Å². The normalized spacial score (nSPS) is 15.2. The van der Waals surface area contributed by atoms with E-state index >= 15 is 0 Å². The second-order valence-corrected chi connectivity index (χ2v) is 5.93. The van der Waals surface area contributed by atoms with Crippen LogP contribution in [0.3, 0.4) is 0 Å². The summed E-state index contributed by atoms with van der Waals surface area (Å²) in [6.45, 7) is 5.21. The standard InChI is InChI=1S/C14H19ClN4O3S/c15-12-3-2-11(19(20)21)10-13(12)17-14(23)16-4-1-5-18-6-8-22-9-7-18/h2-3,10H,1,4-9H2,(H2,16,17,23). The second-order valence-electron chi connectivity index (χ2n) is 5.11. The Hall–Kier alpha value is -1.48. The molecule has 1 aliphatic rings. The molecule has 1 fully saturated rings. The van der Waals surface area contributed by atoms with Crippen LogP contribution in [0.1, 0.15) is 6.42 Å². The van der Waals surface area contributed by atoms with Gasteiger partial charge < -0.3 is 15.4 Å². The van der Waals surface area contributed by atoms with E-state index in [1.807, 2.05) is 0 Å². The number of hydrogen-bond acceptors (Lipinski definition) is 5. The molecular weight excluding hydrogens is 340 g/mol. The van der Waals surface area contributed by atoms with Crippen LogP contribution in [0, 0.1) is 10.1 Å². The molecule has 0 radical (unpaired) electrons. The summed E-state index contributed by atoms with van der Waals surface area (Å²) in [5.74, 6) is 0. The molecule has 0 atom stereocenters. The molecule has 1 aromatic rings. The van der Waals surface area contributed by atoms with E-state index in [0.29, 0.717) is 15.8 Å². The van der Waals surface area contributed by atoms with E-state index in [-0.39, 0.29) is 5.69 Å². The summed E-state index contributed by atoms with van der Waals surface area (Å²) in [6.07, 6.45) is 0.949. The van der Waals surface area contributed by atoms with E-state index in [2.05, 4.69) is 15.5 Å². The van der Waals surface area contributed by atoms with Gasteiger partial charge in [0.05, 0.1) is 28.8 Å². The first-order valence-electron chi connectivity index (χ1n) is 7.35. The summed E-state index contributed by atoms with van der Waals surface area (Å²) in [6, 6.07) is 4.19. The van der Waals surface area contributed by atoms with Crippen molar-refractivity contribution in [3.05, 3.63) is 33.3 Å². The maximum atomic E-state index is 10.8. The van der Waals surface area contributed by atoms with Crippen LogP contribution < -0.4 is 10.6 Å². The fourth-order valence-corrected chi connectivity index (χ4v) is 2.60. The molecular formula is C14H19ClN4O3S. The van der Waals surface area contributed by atoms with E-state index in [0.717, 1.165) is 45.8 Å². The highest BCUT2D eigenvalue weighted by Gasteiger charge is 2.11. The predicted molar refractivity (Wildman–Crippen MR) is 94.2 cm³/mol. The predicted octanol–water partition coefficient (Wildman–Crippen LogP) is 2.26. The van der Waals surface area contributed by atoms with Crippen molar-refractivity contribution in [2.75, 3.05) is 44.7 Å². The van der Waals surface area contributed by atoms with Gasteiger partial charge in [0.1, 0.15) is 0 Å². The third-order valence-electron chi connectivity index (χ3n) is 3.45. The maximum Gasteiger partial charge on any atom is 0.271 e. The summed E-state index contributed by atoms with van der Waals surface area (Å²) in [7, 11) is 0. The number of benzene rings is 1. The van der Waals surface area contributed by atoms with Gasteiger partial charge in [-0.1, -0.05) is 11.6 Å². The third kappa shape index (κ3) is 5.91. The smallest absolute Gasteiger partial charge is 0.271 e. The maximum absolute atomic E-state index is 10.8. The third-order valence-corrected chi connectivity index (χ3v) is 4.03. The van der Waals surface area contributed by atoms with E-state index in [1.165, 1.54) is 18.2 Å². The molecule has 0 spiro atoms. The van der Waals surface area contributed by atoms with Crippen molar-refractivity contribution in [2.24, 2.45) is 0 Å². The molecule has 9 heteroatoms. The molecule has 0 bridgehead atoms. The number of thiocarbonyl (C=S) groups is 1. The van der Waals surface area contributed by atoms with Gasteiger partial charge in [0, 0.05) is 31.8 Å². The first-order valence-corrected chi connectivity index (χ1v) is 8.14. The van der Waals surface area contributed by atoms with Gasteiger partial charge in [0.2, 0.25) is 0 Å².